The third-order valence-electron chi connectivity index (χ3n) is 9.25. The van der Waals surface area contributed by atoms with Crippen LogP contribution in [0.25, 0.3) is 0 Å². The Kier molecular flexibility index (Phi) is 19.0. The standard InChI is InChI=1S/C42H66N4.F6P/c1-7-13-31-43(32-14-8-2)37-19-25-40(26-20-37)46(41-27-21-38(22-28-41)44(33-15-9-3)34-16-10-4)42-29-23-39(24-30-42)45(35-17-11-5)36-18-12-6;1-7(2,3,4,5)6/h19-30H,7-18,31-36H2,1-6H3;/q;-1/p+1. The topological polar surface area (TPSA) is 14.2 Å². The zero-order chi connectivity index (χ0) is 39.4. The van der Waals surface area contributed by atoms with Crippen molar-refractivity contribution in [2.75, 3.05) is 54.0 Å². The number of hydrogen-bond acceptors (Lipinski definition) is 3. The van der Waals surface area contributed by atoms with Crippen molar-refractivity contribution in [3.8, 4) is 0 Å². The first kappa shape index (κ1) is 46.2. The summed E-state index contributed by atoms with van der Waals surface area (Å²) in [5.41, 5.74) is 7.91. The van der Waals surface area contributed by atoms with Crippen molar-refractivity contribution >= 4 is 41.9 Å². The van der Waals surface area contributed by atoms with Crippen LogP contribution < -0.4 is 19.6 Å². The van der Waals surface area contributed by atoms with Crippen LogP contribution in [-0.4, -0.2) is 39.3 Å². The molecule has 0 bridgehead atoms. The molecule has 11 heteroatoms. The summed E-state index contributed by atoms with van der Waals surface area (Å²) < 4.78 is 59.2. The number of rotatable bonds is 24. The van der Waals surface area contributed by atoms with Gasteiger partial charge in [-0.05, 0) is 74.9 Å². The summed E-state index contributed by atoms with van der Waals surface area (Å²) in [4.78, 5) is 9.08. The fourth-order valence-electron chi connectivity index (χ4n) is 6.22. The molecule has 1 N–H and O–H groups in total. The summed E-state index contributed by atoms with van der Waals surface area (Å²) in [5, 5.41) is 0. The first-order valence-electron chi connectivity index (χ1n) is 20.0. The van der Waals surface area contributed by atoms with E-state index in [0.29, 0.717) is 0 Å². The average Bonchev–Trinajstić information content (AvgIpc) is 3.12. The van der Waals surface area contributed by atoms with Crippen LogP contribution in [0.1, 0.15) is 119 Å². The number of unbranched alkanes of at least 4 members (excludes halogenated alkanes) is 6. The van der Waals surface area contributed by atoms with Gasteiger partial charge in [0.15, 0.2) is 0 Å². The molecule has 0 aromatic heterocycles. The molecule has 0 aliphatic heterocycles. The van der Waals surface area contributed by atoms with Gasteiger partial charge in [0, 0.05) is 92.7 Å². The van der Waals surface area contributed by atoms with E-state index in [9.17, 15) is 25.2 Å². The van der Waals surface area contributed by atoms with Crippen LogP contribution in [0.5, 0.6) is 0 Å². The van der Waals surface area contributed by atoms with Crippen LogP contribution >= 0.6 is 7.81 Å². The first-order chi connectivity index (χ1) is 25.0. The summed E-state index contributed by atoms with van der Waals surface area (Å²) in [7, 11) is -10.7. The van der Waals surface area contributed by atoms with Crippen molar-refractivity contribution in [2.24, 2.45) is 0 Å². The Hall–Kier alpha value is -2.97. The van der Waals surface area contributed by atoms with Crippen molar-refractivity contribution < 1.29 is 30.1 Å². The van der Waals surface area contributed by atoms with Gasteiger partial charge in [-0.3, -0.25) is 0 Å². The van der Waals surface area contributed by atoms with Gasteiger partial charge in [0.25, 0.3) is 0 Å². The normalized spacial score (nSPS) is 12.8. The summed E-state index contributed by atoms with van der Waals surface area (Å²) in [6.07, 6.45) is 14.8. The van der Waals surface area contributed by atoms with Gasteiger partial charge >= 0.3 is 33.0 Å². The molecule has 0 spiro atoms. The number of anilines is 3. The molecular formula is C42H67F6N4P. The molecular weight excluding hydrogens is 705 g/mol. The van der Waals surface area contributed by atoms with Crippen molar-refractivity contribution in [3.63, 3.8) is 0 Å². The molecule has 3 aromatic rings. The van der Waals surface area contributed by atoms with E-state index in [1.54, 1.807) is 0 Å². The Bertz CT molecular complexity index is 1220. The Morgan fingerprint density at radius 2 is 0.528 bits per heavy atom. The number of benzene rings is 3. The molecule has 0 atom stereocenters. The molecule has 4 nitrogen and oxygen atoms in total. The minimum absolute atomic E-state index is 1.13. The Morgan fingerprint density at radius 1 is 0.358 bits per heavy atom. The molecule has 3 aromatic carbocycles. The second-order valence-corrected chi connectivity index (χ2v) is 16.0. The molecule has 302 valence electrons. The number of nitrogens with one attached hydrogen (secondary N) is 1. The molecule has 53 heavy (non-hydrogen) atoms. The van der Waals surface area contributed by atoms with Gasteiger partial charge in [-0.25, -0.2) is 4.90 Å². The second kappa shape index (κ2) is 21.8. The van der Waals surface area contributed by atoms with Gasteiger partial charge in [0.1, 0.15) is 17.1 Å². The number of hydrogen-bond donors (Lipinski definition) is 1. The molecule has 0 fully saturated rings. The predicted octanol–water partition coefficient (Wildman–Crippen LogP) is 14.5. The molecule has 0 aliphatic carbocycles. The van der Waals surface area contributed by atoms with E-state index in [1.807, 2.05) is 0 Å². The van der Waals surface area contributed by atoms with Crippen LogP contribution in [0.2, 0.25) is 0 Å². The van der Waals surface area contributed by atoms with Gasteiger partial charge in [-0.15, -0.1) is 0 Å². The maximum atomic E-state index is 9.87. The Balaban J connectivity index is 0.00000126. The fourth-order valence-corrected chi connectivity index (χ4v) is 6.22. The van der Waals surface area contributed by atoms with E-state index >= 15 is 0 Å². The summed E-state index contributed by atoms with van der Waals surface area (Å²) in [6, 6.07) is 28.3. The third kappa shape index (κ3) is 19.3. The summed E-state index contributed by atoms with van der Waals surface area (Å²) >= 11 is 0. The van der Waals surface area contributed by atoms with Crippen LogP contribution in [0.15, 0.2) is 72.8 Å². The summed E-state index contributed by atoms with van der Waals surface area (Å²) in [5.74, 6) is 0. The molecule has 0 saturated carbocycles. The molecule has 0 amide bonds. The first-order valence-corrected chi connectivity index (χ1v) is 22.1. The van der Waals surface area contributed by atoms with Gasteiger partial charge in [-0.1, -0.05) is 80.1 Å². The van der Waals surface area contributed by atoms with E-state index in [1.165, 1.54) is 116 Å². The quantitative estimate of drug-likeness (QED) is 0.0721. The number of halogens is 6. The number of quaternary nitrogens is 1. The monoisotopic (exact) mass is 773 g/mol. The maximum absolute atomic E-state index is 10.7. The van der Waals surface area contributed by atoms with E-state index < -0.39 is 7.81 Å². The second-order valence-electron chi connectivity index (χ2n) is 14.1. The average molecular weight is 773 g/mol. The zero-order valence-electron chi connectivity index (χ0n) is 33.2. The van der Waals surface area contributed by atoms with Crippen molar-refractivity contribution in [3.05, 3.63) is 72.8 Å². The van der Waals surface area contributed by atoms with Crippen molar-refractivity contribution in [2.45, 2.75) is 119 Å². The fraction of sp³-hybridized carbons (Fsp3) is 0.571. The number of nitrogens with zero attached hydrogens (tertiary/aromatic N) is 3. The van der Waals surface area contributed by atoms with Crippen molar-refractivity contribution in [1.82, 2.24) is 0 Å². The van der Waals surface area contributed by atoms with E-state index in [2.05, 4.69) is 129 Å². The zero-order valence-corrected chi connectivity index (χ0v) is 34.1. The Labute approximate surface area is 316 Å². The van der Waals surface area contributed by atoms with Crippen LogP contribution in [0.4, 0.5) is 59.3 Å². The van der Waals surface area contributed by atoms with Crippen LogP contribution in [0.3, 0.4) is 0 Å². The molecule has 0 heterocycles. The summed E-state index contributed by atoms with van der Waals surface area (Å²) in [6.45, 7) is 20.5. The molecule has 0 aliphatic rings. The van der Waals surface area contributed by atoms with Gasteiger partial charge in [0.2, 0.25) is 0 Å². The van der Waals surface area contributed by atoms with E-state index in [-0.39, 0.29) is 0 Å². The minimum atomic E-state index is -10.7. The SMILES string of the molecule is CCCCN(CCCC)c1ccc([NH+](c2ccc(N(CCCC)CCCC)cc2)c2ccc(N(CCCC)CCCC)cc2)cc1.F[P-](F)(F)(F)(F)F. The molecule has 0 radical (unpaired) electrons. The van der Waals surface area contributed by atoms with Gasteiger partial charge < -0.3 is 14.7 Å². The van der Waals surface area contributed by atoms with Gasteiger partial charge in [-0.2, -0.15) is 0 Å². The van der Waals surface area contributed by atoms with Gasteiger partial charge in [0.05, 0.1) is 0 Å². The predicted molar refractivity (Wildman–Crippen MR) is 219 cm³/mol. The third-order valence-corrected chi connectivity index (χ3v) is 9.25. The van der Waals surface area contributed by atoms with Crippen molar-refractivity contribution in [1.29, 1.82) is 0 Å². The van der Waals surface area contributed by atoms with Crippen LogP contribution in [0, 0.1) is 0 Å². The molecule has 3 rings (SSSR count). The van der Waals surface area contributed by atoms with E-state index in [0.717, 1.165) is 39.3 Å². The van der Waals surface area contributed by atoms with Crippen LogP contribution in [-0.2, 0) is 0 Å². The molecule has 0 unspecified atom stereocenters. The van der Waals surface area contributed by atoms with E-state index in [4.69, 9.17) is 0 Å². The molecule has 0 saturated heterocycles. The Morgan fingerprint density at radius 3 is 0.679 bits per heavy atom.